The summed E-state index contributed by atoms with van der Waals surface area (Å²) in [6.45, 7) is 0.743. The molecule has 0 aromatic heterocycles. The molecule has 0 unspecified atom stereocenters. The Morgan fingerprint density at radius 1 is 1.12 bits per heavy atom. The minimum atomic E-state index is 0.196. The van der Waals surface area contributed by atoms with Gasteiger partial charge in [0.15, 0.2) is 0 Å². The number of para-hydroxylation sites is 1. The van der Waals surface area contributed by atoms with E-state index in [2.05, 4.69) is 16.4 Å². The number of rotatable bonds is 8. The van der Waals surface area contributed by atoms with Gasteiger partial charge in [-0.05, 0) is 24.3 Å². The second-order valence-corrected chi connectivity index (χ2v) is 4.80. The average molecular weight is 324 g/mol. The molecule has 0 aliphatic rings. The lowest BCUT2D eigenvalue weighted by molar-refractivity contribution is 0.367. The lowest BCUT2D eigenvalue weighted by Gasteiger charge is -2.09. The summed E-state index contributed by atoms with van der Waals surface area (Å²) in [7, 11) is 3.26. The molecule has 124 valence electrons. The second-order valence-electron chi connectivity index (χ2n) is 4.80. The van der Waals surface area contributed by atoms with Gasteiger partial charge in [-0.15, -0.1) is 6.42 Å². The Hall–Kier alpha value is -3.13. The zero-order valence-electron chi connectivity index (χ0n) is 13.8. The topological polar surface area (TPSA) is 52.1 Å². The Bertz CT molecular complexity index is 736. The van der Waals surface area contributed by atoms with Crippen LogP contribution < -0.4 is 19.6 Å². The van der Waals surface area contributed by atoms with Crippen molar-refractivity contribution >= 4 is 6.21 Å². The van der Waals surface area contributed by atoms with E-state index < -0.39 is 0 Å². The van der Waals surface area contributed by atoms with Gasteiger partial charge in [-0.2, -0.15) is 5.10 Å². The summed E-state index contributed by atoms with van der Waals surface area (Å²) < 4.78 is 16.0. The minimum Gasteiger partial charge on any atom is -0.497 e. The van der Waals surface area contributed by atoms with Crippen molar-refractivity contribution < 1.29 is 14.2 Å². The van der Waals surface area contributed by atoms with Crippen molar-refractivity contribution in [1.82, 2.24) is 5.43 Å². The molecule has 5 heteroatoms. The van der Waals surface area contributed by atoms with E-state index in [4.69, 9.17) is 20.6 Å². The van der Waals surface area contributed by atoms with Gasteiger partial charge in [-0.25, -0.2) is 0 Å². The zero-order valence-corrected chi connectivity index (χ0v) is 13.8. The number of hydrazone groups is 1. The second kappa shape index (κ2) is 9.11. The van der Waals surface area contributed by atoms with Gasteiger partial charge in [0, 0.05) is 11.1 Å². The van der Waals surface area contributed by atoms with Crippen LogP contribution in [0, 0.1) is 12.3 Å². The Morgan fingerprint density at radius 3 is 2.71 bits per heavy atom. The number of ether oxygens (including phenoxy) is 3. The molecular formula is C19H20N2O3. The third-order valence-corrected chi connectivity index (χ3v) is 3.28. The maximum atomic E-state index is 5.51. The first-order chi connectivity index (χ1) is 11.8. The molecule has 0 saturated heterocycles. The number of nitrogens with zero attached hydrogens (tertiary/aromatic N) is 1. The summed E-state index contributed by atoms with van der Waals surface area (Å²) in [5.74, 6) is 4.63. The molecule has 0 aliphatic heterocycles. The Morgan fingerprint density at radius 2 is 1.96 bits per heavy atom. The van der Waals surface area contributed by atoms with E-state index in [-0.39, 0.29) is 6.61 Å². The van der Waals surface area contributed by atoms with Crippen LogP contribution in [-0.4, -0.2) is 27.0 Å². The van der Waals surface area contributed by atoms with Gasteiger partial charge in [-0.1, -0.05) is 24.1 Å². The molecule has 2 rings (SSSR count). The van der Waals surface area contributed by atoms with Crippen LogP contribution >= 0.6 is 0 Å². The number of terminal acetylenes is 1. The van der Waals surface area contributed by atoms with Gasteiger partial charge in [0.1, 0.15) is 23.9 Å². The first kappa shape index (κ1) is 17.2. The van der Waals surface area contributed by atoms with Crippen molar-refractivity contribution in [2.24, 2.45) is 5.10 Å². The van der Waals surface area contributed by atoms with Crippen molar-refractivity contribution in [1.29, 1.82) is 0 Å². The maximum absolute atomic E-state index is 5.51. The van der Waals surface area contributed by atoms with Crippen molar-refractivity contribution in [2.75, 3.05) is 20.8 Å². The van der Waals surface area contributed by atoms with E-state index in [1.54, 1.807) is 26.5 Å². The highest BCUT2D eigenvalue weighted by molar-refractivity contribution is 5.84. The minimum absolute atomic E-state index is 0.196. The molecule has 0 saturated carbocycles. The molecule has 1 N–H and O–H groups in total. The quantitative estimate of drug-likeness (QED) is 0.461. The van der Waals surface area contributed by atoms with Crippen LogP contribution in [0.4, 0.5) is 0 Å². The first-order valence-electron chi connectivity index (χ1n) is 7.40. The summed E-state index contributed by atoms with van der Waals surface area (Å²) in [5.41, 5.74) is 4.79. The van der Waals surface area contributed by atoms with Crippen molar-refractivity contribution in [3.63, 3.8) is 0 Å². The Balaban J connectivity index is 2.06. The van der Waals surface area contributed by atoms with Gasteiger partial charge in [0.05, 0.1) is 27.0 Å². The van der Waals surface area contributed by atoms with Crippen LogP contribution in [0.3, 0.4) is 0 Å². The van der Waals surface area contributed by atoms with Gasteiger partial charge >= 0.3 is 0 Å². The van der Waals surface area contributed by atoms with E-state index >= 15 is 0 Å². The molecule has 0 heterocycles. The van der Waals surface area contributed by atoms with Crippen LogP contribution in [0.1, 0.15) is 11.1 Å². The molecule has 5 nitrogen and oxygen atoms in total. The van der Waals surface area contributed by atoms with Gasteiger partial charge < -0.3 is 19.6 Å². The lowest BCUT2D eigenvalue weighted by atomic mass is 10.2. The van der Waals surface area contributed by atoms with Crippen LogP contribution in [0.2, 0.25) is 0 Å². The molecule has 0 fully saturated rings. The Labute approximate surface area is 142 Å². The van der Waals surface area contributed by atoms with Crippen LogP contribution in [0.15, 0.2) is 47.6 Å². The van der Waals surface area contributed by atoms with Crippen molar-refractivity contribution in [3.8, 4) is 29.6 Å². The summed E-state index contributed by atoms with van der Waals surface area (Å²) in [6, 6.07) is 13.2. The normalized spacial score (nSPS) is 10.2. The molecular weight excluding hydrogens is 304 g/mol. The fourth-order valence-corrected chi connectivity index (χ4v) is 2.10. The fourth-order valence-electron chi connectivity index (χ4n) is 2.10. The zero-order chi connectivity index (χ0) is 17.2. The van der Waals surface area contributed by atoms with Crippen molar-refractivity contribution in [2.45, 2.75) is 6.54 Å². The van der Waals surface area contributed by atoms with Crippen LogP contribution in [0.25, 0.3) is 0 Å². The molecule has 0 amide bonds. The molecule has 0 aliphatic carbocycles. The summed E-state index contributed by atoms with van der Waals surface area (Å²) in [4.78, 5) is 0. The third kappa shape index (κ3) is 4.68. The fraction of sp³-hybridized carbons (Fsp3) is 0.211. The summed E-state index contributed by atoms with van der Waals surface area (Å²) in [6.07, 6.45) is 6.91. The molecule has 2 aromatic rings. The highest BCUT2D eigenvalue weighted by Gasteiger charge is 2.04. The van der Waals surface area contributed by atoms with Crippen LogP contribution in [-0.2, 0) is 6.54 Å². The average Bonchev–Trinajstić information content (AvgIpc) is 2.64. The predicted octanol–water partition coefficient (Wildman–Crippen LogP) is 2.84. The van der Waals surface area contributed by atoms with Gasteiger partial charge in [-0.3, -0.25) is 0 Å². The highest BCUT2D eigenvalue weighted by Crippen LogP contribution is 2.22. The number of hydrogen-bond donors (Lipinski definition) is 1. The van der Waals surface area contributed by atoms with Gasteiger partial charge in [0.25, 0.3) is 0 Å². The van der Waals surface area contributed by atoms with E-state index in [1.807, 2.05) is 36.4 Å². The predicted molar refractivity (Wildman–Crippen MR) is 94.7 cm³/mol. The van der Waals surface area contributed by atoms with Crippen molar-refractivity contribution in [3.05, 3.63) is 53.6 Å². The summed E-state index contributed by atoms with van der Waals surface area (Å²) in [5, 5.41) is 4.24. The molecule has 2 aromatic carbocycles. The van der Waals surface area contributed by atoms with E-state index in [0.29, 0.717) is 18.0 Å². The Kier molecular flexibility index (Phi) is 6.54. The number of hydrogen-bond acceptors (Lipinski definition) is 5. The standard InChI is InChI=1S/C19H20N2O3/c1-4-11-24-19-10-9-17(22-2)12-16(19)14-21-20-13-15-7-5-6-8-18(15)23-3/h1,5-10,12,14,20H,11,13H2,2-3H3/b21-14-. The molecule has 0 bridgehead atoms. The lowest BCUT2D eigenvalue weighted by Crippen LogP contribution is -2.07. The third-order valence-electron chi connectivity index (χ3n) is 3.28. The SMILES string of the molecule is C#CCOc1ccc(OC)cc1/C=N\NCc1ccccc1OC. The monoisotopic (exact) mass is 324 g/mol. The molecule has 0 radical (unpaired) electrons. The van der Waals surface area contributed by atoms with Gasteiger partial charge in [0.2, 0.25) is 0 Å². The molecule has 24 heavy (non-hydrogen) atoms. The van der Waals surface area contributed by atoms with E-state index in [1.165, 1.54) is 0 Å². The van der Waals surface area contributed by atoms with E-state index in [0.717, 1.165) is 16.9 Å². The molecule has 0 atom stereocenters. The van der Waals surface area contributed by atoms with Crippen LogP contribution in [0.5, 0.6) is 17.2 Å². The largest absolute Gasteiger partial charge is 0.497 e. The number of benzene rings is 2. The van der Waals surface area contributed by atoms with E-state index in [9.17, 15) is 0 Å². The summed E-state index contributed by atoms with van der Waals surface area (Å²) >= 11 is 0. The highest BCUT2D eigenvalue weighted by atomic mass is 16.5. The smallest absolute Gasteiger partial charge is 0.148 e. The first-order valence-corrected chi connectivity index (χ1v) is 7.40. The maximum Gasteiger partial charge on any atom is 0.148 e. The number of methoxy groups -OCH3 is 2. The molecule has 0 spiro atoms. The number of nitrogens with one attached hydrogen (secondary N) is 1.